The average molecular weight is 397 g/mol. The van der Waals surface area contributed by atoms with Crippen molar-refractivity contribution in [3.8, 4) is 11.8 Å². The first-order valence-electron chi connectivity index (χ1n) is 9.13. The molecule has 1 aliphatic heterocycles. The van der Waals surface area contributed by atoms with Gasteiger partial charge in [-0.05, 0) is 42.7 Å². The van der Waals surface area contributed by atoms with E-state index < -0.39 is 5.91 Å². The van der Waals surface area contributed by atoms with E-state index in [-0.39, 0.29) is 11.7 Å². The van der Waals surface area contributed by atoms with Gasteiger partial charge in [0.1, 0.15) is 24.0 Å². The molecule has 2 aromatic carbocycles. The predicted molar refractivity (Wildman–Crippen MR) is 108 cm³/mol. The average Bonchev–Trinajstić information content (AvgIpc) is 3.24. The summed E-state index contributed by atoms with van der Waals surface area (Å²) in [5.41, 5.74) is 1.71. The number of halogens is 1. The number of benzene rings is 2. The minimum absolute atomic E-state index is 0.0402. The van der Waals surface area contributed by atoms with Gasteiger partial charge >= 0.3 is 0 Å². The van der Waals surface area contributed by atoms with E-state index in [9.17, 15) is 10.1 Å². The van der Waals surface area contributed by atoms with Crippen LogP contribution in [0.5, 0.6) is 5.75 Å². The summed E-state index contributed by atoms with van der Waals surface area (Å²) in [6, 6.07) is 16.7. The van der Waals surface area contributed by atoms with Crippen LogP contribution in [0.25, 0.3) is 6.08 Å². The standard InChI is InChI=1S/C22H21ClN2O3/c23-21-6-2-1-4-17(21)15-28-19-9-7-16(8-10-19)12-18(13-24)22(26)25-14-20-5-3-11-27-20/h1-2,4,6-10,12,20H,3,5,11,14-15H2,(H,25,26). The van der Waals surface area contributed by atoms with E-state index in [2.05, 4.69) is 5.32 Å². The zero-order chi connectivity index (χ0) is 19.8. The largest absolute Gasteiger partial charge is 0.489 e. The molecule has 2 aromatic rings. The molecule has 1 fully saturated rings. The van der Waals surface area contributed by atoms with Crippen molar-refractivity contribution in [2.24, 2.45) is 0 Å². The van der Waals surface area contributed by atoms with Crippen LogP contribution in [0.2, 0.25) is 5.02 Å². The van der Waals surface area contributed by atoms with Crippen molar-refractivity contribution in [2.75, 3.05) is 13.2 Å². The maximum absolute atomic E-state index is 12.2. The lowest BCUT2D eigenvalue weighted by atomic mass is 10.1. The van der Waals surface area contributed by atoms with Gasteiger partial charge in [0, 0.05) is 23.7 Å². The molecule has 1 atom stereocenters. The van der Waals surface area contributed by atoms with Crippen molar-refractivity contribution in [1.82, 2.24) is 5.32 Å². The fourth-order valence-corrected chi connectivity index (χ4v) is 3.05. The number of nitriles is 1. The summed E-state index contributed by atoms with van der Waals surface area (Å²) >= 11 is 6.12. The molecule has 0 radical (unpaired) electrons. The highest BCUT2D eigenvalue weighted by Gasteiger charge is 2.17. The summed E-state index contributed by atoms with van der Waals surface area (Å²) in [6.07, 6.45) is 3.54. The second-order valence-electron chi connectivity index (χ2n) is 6.46. The Morgan fingerprint density at radius 1 is 1.29 bits per heavy atom. The molecular formula is C22H21ClN2O3. The molecule has 1 amide bonds. The van der Waals surface area contributed by atoms with Crippen LogP contribution >= 0.6 is 11.6 Å². The first-order chi connectivity index (χ1) is 13.7. The zero-order valence-corrected chi connectivity index (χ0v) is 16.1. The Morgan fingerprint density at radius 2 is 2.07 bits per heavy atom. The summed E-state index contributed by atoms with van der Waals surface area (Å²) < 4.78 is 11.2. The highest BCUT2D eigenvalue weighted by Crippen LogP contribution is 2.20. The summed E-state index contributed by atoms with van der Waals surface area (Å²) in [4.78, 5) is 12.2. The zero-order valence-electron chi connectivity index (χ0n) is 15.4. The van der Waals surface area contributed by atoms with Gasteiger partial charge in [-0.3, -0.25) is 4.79 Å². The minimum atomic E-state index is -0.392. The molecule has 1 unspecified atom stereocenters. The van der Waals surface area contributed by atoms with Gasteiger partial charge < -0.3 is 14.8 Å². The Bertz CT molecular complexity index is 881. The topological polar surface area (TPSA) is 71.3 Å². The SMILES string of the molecule is N#CC(=Cc1ccc(OCc2ccccc2Cl)cc1)C(=O)NCC1CCCO1. The van der Waals surface area contributed by atoms with Crippen LogP contribution in [-0.4, -0.2) is 25.2 Å². The molecule has 5 nitrogen and oxygen atoms in total. The van der Waals surface area contributed by atoms with Crippen LogP contribution in [0.1, 0.15) is 24.0 Å². The summed E-state index contributed by atoms with van der Waals surface area (Å²) in [6.45, 7) is 1.52. The third kappa shape index (κ3) is 5.59. The molecule has 0 spiro atoms. The smallest absolute Gasteiger partial charge is 0.262 e. The summed E-state index contributed by atoms with van der Waals surface area (Å²) in [7, 11) is 0. The lowest BCUT2D eigenvalue weighted by molar-refractivity contribution is -0.117. The predicted octanol–water partition coefficient (Wildman–Crippen LogP) is 4.12. The maximum atomic E-state index is 12.2. The molecular weight excluding hydrogens is 376 g/mol. The van der Waals surface area contributed by atoms with Crippen LogP contribution < -0.4 is 10.1 Å². The van der Waals surface area contributed by atoms with Crippen molar-refractivity contribution < 1.29 is 14.3 Å². The summed E-state index contributed by atoms with van der Waals surface area (Å²) in [5.74, 6) is 0.287. The van der Waals surface area contributed by atoms with Crippen LogP contribution in [0.3, 0.4) is 0 Å². The fraction of sp³-hybridized carbons (Fsp3) is 0.273. The van der Waals surface area contributed by atoms with E-state index in [1.165, 1.54) is 0 Å². The normalized spacial score (nSPS) is 16.4. The molecule has 0 aromatic heterocycles. The first kappa shape index (κ1) is 19.9. The molecule has 1 aliphatic rings. The van der Waals surface area contributed by atoms with E-state index in [0.29, 0.717) is 23.9 Å². The van der Waals surface area contributed by atoms with Gasteiger partial charge in [-0.1, -0.05) is 41.9 Å². The van der Waals surface area contributed by atoms with E-state index >= 15 is 0 Å². The van der Waals surface area contributed by atoms with E-state index in [0.717, 1.165) is 30.6 Å². The van der Waals surface area contributed by atoms with Gasteiger partial charge in [0.15, 0.2) is 0 Å². The van der Waals surface area contributed by atoms with Crippen LogP contribution in [-0.2, 0) is 16.1 Å². The highest BCUT2D eigenvalue weighted by atomic mass is 35.5. The van der Waals surface area contributed by atoms with Crippen molar-refractivity contribution >= 4 is 23.6 Å². The van der Waals surface area contributed by atoms with Crippen molar-refractivity contribution in [1.29, 1.82) is 5.26 Å². The molecule has 144 valence electrons. The monoisotopic (exact) mass is 396 g/mol. The Labute approximate surface area is 169 Å². The molecule has 3 rings (SSSR count). The number of amides is 1. The summed E-state index contributed by atoms with van der Waals surface area (Å²) in [5, 5.41) is 12.7. The Hall–Kier alpha value is -2.81. The number of carbonyl (C=O) groups is 1. The molecule has 0 aliphatic carbocycles. The Morgan fingerprint density at radius 3 is 2.75 bits per heavy atom. The molecule has 0 saturated carbocycles. The van der Waals surface area contributed by atoms with Crippen LogP contribution in [0, 0.1) is 11.3 Å². The maximum Gasteiger partial charge on any atom is 0.262 e. The molecule has 0 bridgehead atoms. The highest BCUT2D eigenvalue weighted by molar-refractivity contribution is 6.31. The number of nitrogens with zero attached hydrogens (tertiary/aromatic N) is 1. The van der Waals surface area contributed by atoms with Gasteiger partial charge in [0.05, 0.1) is 6.10 Å². The lowest BCUT2D eigenvalue weighted by Crippen LogP contribution is -2.32. The molecule has 1 heterocycles. The van der Waals surface area contributed by atoms with E-state index in [4.69, 9.17) is 21.1 Å². The van der Waals surface area contributed by atoms with Crippen molar-refractivity contribution in [3.05, 3.63) is 70.3 Å². The van der Waals surface area contributed by atoms with Gasteiger partial charge in [-0.15, -0.1) is 0 Å². The molecule has 6 heteroatoms. The van der Waals surface area contributed by atoms with E-state index in [1.807, 2.05) is 30.3 Å². The second kappa shape index (κ2) is 9.93. The number of hydrogen-bond acceptors (Lipinski definition) is 4. The second-order valence-corrected chi connectivity index (χ2v) is 6.87. The number of carbonyl (C=O) groups excluding carboxylic acids is 1. The van der Waals surface area contributed by atoms with Crippen LogP contribution in [0.15, 0.2) is 54.1 Å². The quantitative estimate of drug-likeness (QED) is 0.564. The number of ether oxygens (including phenoxy) is 2. The molecule has 28 heavy (non-hydrogen) atoms. The number of rotatable bonds is 7. The van der Waals surface area contributed by atoms with Crippen molar-refractivity contribution in [3.63, 3.8) is 0 Å². The van der Waals surface area contributed by atoms with Gasteiger partial charge in [-0.25, -0.2) is 0 Å². The fourth-order valence-electron chi connectivity index (χ4n) is 2.86. The van der Waals surface area contributed by atoms with Crippen molar-refractivity contribution in [2.45, 2.75) is 25.6 Å². The molecule has 1 N–H and O–H groups in total. The third-order valence-corrected chi connectivity index (χ3v) is 4.79. The Balaban J connectivity index is 1.57. The van der Waals surface area contributed by atoms with Crippen LogP contribution in [0.4, 0.5) is 0 Å². The third-order valence-electron chi connectivity index (χ3n) is 4.42. The van der Waals surface area contributed by atoms with Gasteiger partial charge in [0.25, 0.3) is 5.91 Å². The molecule has 1 saturated heterocycles. The Kier molecular flexibility index (Phi) is 7.07. The van der Waals surface area contributed by atoms with E-state index in [1.54, 1.807) is 30.3 Å². The number of hydrogen-bond donors (Lipinski definition) is 1. The first-order valence-corrected chi connectivity index (χ1v) is 9.51. The number of nitrogens with one attached hydrogen (secondary N) is 1. The minimum Gasteiger partial charge on any atom is -0.489 e. The van der Waals surface area contributed by atoms with Gasteiger partial charge in [-0.2, -0.15) is 5.26 Å². The lowest BCUT2D eigenvalue weighted by Gasteiger charge is -2.10. The van der Waals surface area contributed by atoms with Gasteiger partial charge in [0.2, 0.25) is 0 Å².